The summed E-state index contributed by atoms with van der Waals surface area (Å²) in [5, 5.41) is 0. The van der Waals surface area contributed by atoms with E-state index in [2.05, 4.69) is 0 Å². The Labute approximate surface area is 48.4 Å². The second-order valence-corrected chi connectivity index (χ2v) is 2.87. The summed E-state index contributed by atoms with van der Waals surface area (Å²) in [5.74, 6) is 2.50. The summed E-state index contributed by atoms with van der Waals surface area (Å²) in [4.78, 5) is 0. The van der Waals surface area contributed by atoms with Crippen molar-refractivity contribution < 1.29 is 4.74 Å². The van der Waals surface area contributed by atoms with Crippen molar-refractivity contribution in [3.8, 4) is 0 Å². The first kappa shape index (κ1) is 5.45. The minimum Gasteiger partial charge on any atom is -0.381 e. The summed E-state index contributed by atoms with van der Waals surface area (Å²) in [6.07, 6.45) is 1.81. The normalized spacial score (nSPS) is 31.3. The van der Waals surface area contributed by atoms with E-state index in [9.17, 15) is 0 Å². The van der Waals surface area contributed by atoms with Gasteiger partial charge in [-0.1, -0.05) is 0 Å². The van der Waals surface area contributed by atoms with Crippen LogP contribution in [-0.4, -0.2) is 24.7 Å². The zero-order valence-electron chi connectivity index (χ0n) is 4.52. The van der Waals surface area contributed by atoms with Gasteiger partial charge >= 0.3 is 0 Å². The number of hydrogen-bond donors (Lipinski definition) is 0. The summed E-state index contributed by atoms with van der Waals surface area (Å²) in [6, 6.07) is 0. The van der Waals surface area contributed by atoms with Crippen LogP contribution in [0.15, 0.2) is 0 Å². The highest BCUT2D eigenvalue weighted by molar-refractivity contribution is 7.99. The van der Waals surface area contributed by atoms with Crippen LogP contribution in [0.5, 0.6) is 0 Å². The number of rotatable bonds is 1. The van der Waals surface area contributed by atoms with Crippen molar-refractivity contribution in [2.45, 2.75) is 12.5 Å². The summed E-state index contributed by atoms with van der Waals surface area (Å²) >= 11 is 1.98. The van der Waals surface area contributed by atoms with Crippen LogP contribution in [-0.2, 0) is 4.74 Å². The Balaban J connectivity index is 2.14. The Hall–Kier alpha value is 0.310. The highest BCUT2D eigenvalue weighted by Gasteiger charge is 2.12. The van der Waals surface area contributed by atoms with Crippen molar-refractivity contribution in [2.24, 2.45) is 0 Å². The molecule has 1 fully saturated rings. The molecular formula is C5H10OS. The van der Waals surface area contributed by atoms with E-state index in [0.717, 1.165) is 0 Å². The first-order valence-electron chi connectivity index (χ1n) is 2.54. The van der Waals surface area contributed by atoms with Crippen LogP contribution >= 0.6 is 11.8 Å². The van der Waals surface area contributed by atoms with E-state index in [-0.39, 0.29) is 0 Å². The molecule has 1 rings (SSSR count). The molecule has 0 aromatic heterocycles. The molecule has 0 N–H and O–H groups in total. The maximum Gasteiger partial charge on any atom is 0.0669 e. The van der Waals surface area contributed by atoms with Crippen molar-refractivity contribution in [3.63, 3.8) is 0 Å². The number of hydrogen-bond acceptors (Lipinski definition) is 2. The fourth-order valence-electron chi connectivity index (χ4n) is 0.699. The monoisotopic (exact) mass is 118 g/mol. The van der Waals surface area contributed by atoms with Crippen molar-refractivity contribution in [3.05, 3.63) is 0 Å². The van der Waals surface area contributed by atoms with Gasteiger partial charge in [0.1, 0.15) is 0 Å². The Morgan fingerprint density at radius 3 is 2.86 bits per heavy atom. The summed E-state index contributed by atoms with van der Waals surface area (Å²) in [7, 11) is 1.79. The van der Waals surface area contributed by atoms with Crippen LogP contribution in [0.2, 0.25) is 0 Å². The molecule has 1 aliphatic heterocycles. The fourth-order valence-corrected chi connectivity index (χ4v) is 1.86. The van der Waals surface area contributed by atoms with Crippen LogP contribution in [0.4, 0.5) is 0 Å². The molecule has 0 aromatic carbocycles. The van der Waals surface area contributed by atoms with Gasteiger partial charge in [0.25, 0.3) is 0 Å². The van der Waals surface area contributed by atoms with E-state index in [1.54, 1.807) is 7.11 Å². The summed E-state index contributed by atoms with van der Waals surface area (Å²) in [6.45, 7) is 0. The van der Waals surface area contributed by atoms with Crippen LogP contribution < -0.4 is 0 Å². The topological polar surface area (TPSA) is 9.23 Å². The molecule has 0 aliphatic carbocycles. The van der Waals surface area contributed by atoms with Gasteiger partial charge in [0.05, 0.1) is 6.10 Å². The minimum absolute atomic E-state index is 0.560. The van der Waals surface area contributed by atoms with Crippen molar-refractivity contribution in [2.75, 3.05) is 18.6 Å². The Kier molecular flexibility index (Phi) is 2.00. The molecule has 0 radical (unpaired) electrons. The van der Waals surface area contributed by atoms with Gasteiger partial charge in [-0.3, -0.25) is 0 Å². The van der Waals surface area contributed by atoms with Crippen LogP contribution in [0, 0.1) is 0 Å². The number of ether oxygens (including phenoxy) is 1. The van der Waals surface area contributed by atoms with Gasteiger partial charge < -0.3 is 4.74 Å². The lowest BCUT2D eigenvalue weighted by atomic mass is 10.3. The molecule has 7 heavy (non-hydrogen) atoms. The smallest absolute Gasteiger partial charge is 0.0669 e. The average molecular weight is 118 g/mol. The zero-order valence-corrected chi connectivity index (χ0v) is 5.33. The molecule has 0 spiro atoms. The first-order valence-corrected chi connectivity index (χ1v) is 3.69. The highest BCUT2D eigenvalue weighted by atomic mass is 32.2. The molecule has 0 aromatic rings. The lowest BCUT2D eigenvalue weighted by Crippen LogP contribution is -2.06. The quantitative estimate of drug-likeness (QED) is 0.510. The van der Waals surface area contributed by atoms with E-state index >= 15 is 0 Å². The average Bonchev–Trinajstić information content (AvgIpc) is 2.14. The predicted molar refractivity (Wildman–Crippen MR) is 32.7 cm³/mol. The largest absolute Gasteiger partial charge is 0.381 e. The molecule has 0 amide bonds. The van der Waals surface area contributed by atoms with Crippen LogP contribution in [0.3, 0.4) is 0 Å². The molecule has 0 bridgehead atoms. The lowest BCUT2D eigenvalue weighted by molar-refractivity contribution is 0.124. The van der Waals surface area contributed by atoms with Gasteiger partial charge in [-0.15, -0.1) is 0 Å². The molecule has 0 saturated carbocycles. The Bertz CT molecular complexity index is 50.0. The highest BCUT2D eigenvalue weighted by Crippen LogP contribution is 2.18. The zero-order chi connectivity index (χ0) is 5.11. The SMILES string of the molecule is COC1CCSC1. The van der Waals surface area contributed by atoms with E-state index < -0.39 is 0 Å². The molecular weight excluding hydrogens is 108 g/mol. The molecule has 42 valence electrons. The van der Waals surface area contributed by atoms with Crippen molar-refractivity contribution in [1.82, 2.24) is 0 Å². The second-order valence-electron chi connectivity index (χ2n) is 1.72. The van der Waals surface area contributed by atoms with Gasteiger partial charge in [-0.05, 0) is 12.2 Å². The van der Waals surface area contributed by atoms with Crippen molar-refractivity contribution in [1.29, 1.82) is 0 Å². The maximum absolute atomic E-state index is 5.09. The van der Waals surface area contributed by atoms with Gasteiger partial charge in [0.15, 0.2) is 0 Å². The summed E-state index contributed by atoms with van der Waals surface area (Å²) < 4.78 is 5.09. The van der Waals surface area contributed by atoms with E-state index in [1.165, 1.54) is 17.9 Å². The molecule has 1 aliphatic rings. The van der Waals surface area contributed by atoms with Gasteiger partial charge in [0.2, 0.25) is 0 Å². The van der Waals surface area contributed by atoms with E-state index in [1.807, 2.05) is 11.8 Å². The number of thioether (sulfide) groups is 1. The third-order valence-corrected chi connectivity index (χ3v) is 2.35. The summed E-state index contributed by atoms with van der Waals surface area (Å²) in [5.41, 5.74) is 0. The number of methoxy groups -OCH3 is 1. The molecule has 1 saturated heterocycles. The standard InChI is InChI=1S/C5H10OS/c1-6-5-2-3-7-4-5/h5H,2-4H2,1H3. The maximum atomic E-state index is 5.09. The molecule has 1 heterocycles. The van der Waals surface area contributed by atoms with E-state index in [0.29, 0.717) is 6.10 Å². The molecule has 1 unspecified atom stereocenters. The van der Waals surface area contributed by atoms with Crippen LogP contribution in [0.1, 0.15) is 6.42 Å². The lowest BCUT2D eigenvalue weighted by Gasteiger charge is -2.01. The van der Waals surface area contributed by atoms with Crippen LogP contribution in [0.25, 0.3) is 0 Å². The van der Waals surface area contributed by atoms with Gasteiger partial charge in [0, 0.05) is 12.9 Å². The molecule has 1 nitrogen and oxygen atoms in total. The Morgan fingerprint density at radius 1 is 1.71 bits per heavy atom. The fraction of sp³-hybridized carbons (Fsp3) is 1.00. The third kappa shape index (κ3) is 1.35. The van der Waals surface area contributed by atoms with Gasteiger partial charge in [-0.2, -0.15) is 11.8 Å². The minimum atomic E-state index is 0.560. The van der Waals surface area contributed by atoms with Gasteiger partial charge in [-0.25, -0.2) is 0 Å². The Morgan fingerprint density at radius 2 is 2.57 bits per heavy atom. The van der Waals surface area contributed by atoms with E-state index in [4.69, 9.17) is 4.74 Å². The second kappa shape index (κ2) is 2.58. The predicted octanol–water partition coefficient (Wildman–Crippen LogP) is 1.14. The molecule has 2 heteroatoms. The first-order chi connectivity index (χ1) is 3.43. The molecule has 1 atom stereocenters. The third-order valence-electron chi connectivity index (χ3n) is 1.22. The van der Waals surface area contributed by atoms with Crippen molar-refractivity contribution >= 4 is 11.8 Å².